The van der Waals surface area contributed by atoms with Crippen LogP contribution < -0.4 is 0 Å². The van der Waals surface area contributed by atoms with Gasteiger partial charge in [-0.05, 0) is 44.8 Å². The monoisotopic (exact) mass is 307 g/mol. The average molecular weight is 308 g/mol. The fourth-order valence-corrected chi connectivity index (χ4v) is 2.52. The van der Waals surface area contributed by atoms with E-state index in [0.29, 0.717) is 11.4 Å². The normalized spacial score (nSPS) is 11.3. The summed E-state index contributed by atoms with van der Waals surface area (Å²) in [6.07, 6.45) is 0.399. The zero-order valence-electron chi connectivity index (χ0n) is 13.0. The number of benzene rings is 1. The maximum atomic E-state index is 12.4. The molecule has 0 unspecified atom stereocenters. The summed E-state index contributed by atoms with van der Waals surface area (Å²) in [5.41, 5.74) is 3.09. The lowest BCUT2D eigenvalue weighted by atomic mass is 10.1. The molecule has 0 aliphatic heterocycles. The van der Waals surface area contributed by atoms with Gasteiger partial charge < -0.3 is 14.8 Å². The van der Waals surface area contributed by atoms with E-state index < -0.39 is 0 Å². The van der Waals surface area contributed by atoms with Crippen LogP contribution in [0.2, 0.25) is 5.02 Å². The molecular weight excluding hydrogens is 286 g/mol. The Balaban J connectivity index is 2.17. The Morgan fingerprint density at radius 3 is 2.62 bits per heavy atom. The third-order valence-electron chi connectivity index (χ3n) is 3.72. The van der Waals surface area contributed by atoms with Gasteiger partial charge in [0.25, 0.3) is 0 Å². The van der Waals surface area contributed by atoms with Crippen molar-refractivity contribution in [2.45, 2.75) is 13.3 Å². The van der Waals surface area contributed by atoms with Gasteiger partial charge in [-0.1, -0.05) is 11.6 Å². The third-order valence-corrected chi connectivity index (χ3v) is 3.95. The first-order valence-corrected chi connectivity index (χ1v) is 7.41. The summed E-state index contributed by atoms with van der Waals surface area (Å²) in [4.78, 5) is 19.5. The fraction of sp³-hybridized carbons (Fsp3) is 0.438. The summed E-state index contributed by atoms with van der Waals surface area (Å²) >= 11 is 6.07. The Labute approximate surface area is 130 Å². The molecule has 114 valence electrons. The van der Waals surface area contributed by atoms with E-state index in [4.69, 9.17) is 11.6 Å². The molecule has 0 radical (unpaired) electrons. The van der Waals surface area contributed by atoms with Crippen molar-refractivity contribution in [3.8, 4) is 0 Å². The molecule has 0 bridgehead atoms. The molecule has 2 aromatic rings. The number of amides is 1. The Bertz CT molecular complexity index is 648. The topological polar surface area (TPSA) is 39.3 Å². The van der Waals surface area contributed by atoms with Crippen molar-refractivity contribution in [2.24, 2.45) is 0 Å². The quantitative estimate of drug-likeness (QED) is 0.922. The molecule has 5 heteroatoms. The van der Waals surface area contributed by atoms with Crippen molar-refractivity contribution in [1.82, 2.24) is 14.8 Å². The Kier molecular flexibility index (Phi) is 4.91. The largest absolute Gasteiger partial charge is 0.358 e. The molecule has 2 rings (SSSR count). The second-order valence-corrected chi connectivity index (χ2v) is 6.15. The van der Waals surface area contributed by atoms with Gasteiger partial charge in [0.1, 0.15) is 0 Å². The van der Waals surface area contributed by atoms with Crippen molar-refractivity contribution < 1.29 is 4.79 Å². The van der Waals surface area contributed by atoms with Crippen LogP contribution >= 0.6 is 11.6 Å². The van der Waals surface area contributed by atoms with Gasteiger partial charge in [0.05, 0.1) is 6.42 Å². The van der Waals surface area contributed by atoms with Crippen molar-refractivity contribution in [2.75, 3.05) is 34.2 Å². The summed E-state index contributed by atoms with van der Waals surface area (Å²) < 4.78 is 0. The number of fused-ring (bicyclic) bond motifs is 1. The number of aromatic nitrogens is 1. The second kappa shape index (κ2) is 6.50. The van der Waals surface area contributed by atoms with Gasteiger partial charge in [0.2, 0.25) is 5.91 Å². The van der Waals surface area contributed by atoms with Crippen LogP contribution in [0.1, 0.15) is 11.3 Å². The van der Waals surface area contributed by atoms with Gasteiger partial charge in [-0.3, -0.25) is 4.79 Å². The zero-order valence-corrected chi connectivity index (χ0v) is 13.8. The van der Waals surface area contributed by atoms with Crippen LogP contribution in [0.5, 0.6) is 0 Å². The first-order chi connectivity index (χ1) is 9.88. The maximum Gasteiger partial charge on any atom is 0.226 e. The van der Waals surface area contributed by atoms with Gasteiger partial charge in [-0.25, -0.2) is 0 Å². The Hall–Kier alpha value is -1.52. The summed E-state index contributed by atoms with van der Waals surface area (Å²) in [5.74, 6) is 0.126. The van der Waals surface area contributed by atoms with Gasteiger partial charge in [-0.2, -0.15) is 0 Å². The SMILES string of the molecule is Cc1[nH]c2ccc(Cl)cc2c1CC(=O)N(C)CCN(C)C. The molecule has 0 saturated heterocycles. The van der Waals surface area contributed by atoms with Gasteiger partial charge in [0.15, 0.2) is 0 Å². The molecule has 0 spiro atoms. The molecule has 1 heterocycles. The highest BCUT2D eigenvalue weighted by atomic mass is 35.5. The number of carbonyl (C=O) groups is 1. The van der Waals surface area contributed by atoms with E-state index in [1.165, 1.54) is 0 Å². The predicted octanol–water partition coefficient (Wildman–Crippen LogP) is 2.69. The molecule has 1 amide bonds. The molecule has 0 atom stereocenters. The minimum absolute atomic E-state index is 0.126. The predicted molar refractivity (Wildman–Crippen MR) is 87.9 cm³/mol. The number of aryl methyl sites for hydroxylation is 1. The number of nitrogens with zero attached hydrogens (tertiary/aromatic N) is 2. The number of carbonyl (C=O) groups excluding carboxylic acids is 1. The van der Waals surface area contributed by atoms with Crippen LogP contribution in [-0.4, -0.2) is 54.9 Å². The third kappa shape index (κ3) is 3.77. The van der Waals surface area contributed by atoms with Crippen LogP contribution in [-0.2, 0) is 11.2 Å². The van der Waals surface area contributed by atoms with Crippen LogP contribution in [0.4, 0.5) is 0 Å². The minimum atomic E-state index is 0.126. The highest BCUT2D eigenvalue weighted by molar-refractivity contribution is 6.31. The molecule has 21 heavy (non-hydrogen) atoms. The molecule has 1 N–H and O–H groups in total. The van der Waals surface area contributed by atoms with Crippen molar-refractivity contribution >= 4 is 28.4 Å². The zero-order chi connectivity index (χ0) is 15.6. The minimum Gasteiger partial charge on any atom is -0.358 e. The summed E-state index contributed by atoms with van der Waals surface area (Å²) in [6, 6.07) is 5.73. The summed E-state index contributed by atoms with van der Waals surface area (Å²) in [6.45, 7) is 3.59. The lowest BCUT2D eigenvalue weighted by Gasteiger charge is -2.19. The van der Waals surface area contributed by atoms with E-state index in [1.807, 2.05) is 46.3 Å². The summed E-state index contributed by atoms with van der Waals surface area (Å²) in [7, 11) is 5.86. The Morgan fingerprint density at radius 2 is 1.95 bits per heavy atom. The van der Waals surface area contributed by atoms with Crippen LogP contribution in [0.25, 0.3) is 10.9 Å². The van der Waals surface area contributed by atoms with E-state index in [-0.39, 0.29) is 5.91 Å². The molecule has 0 fully saturated rings. The average Bonchev–Trinajstić information content (AvgIpc) is 2.72. The standard InChI is InChI=1S/C16H22ClN3O/c1-11-13(10-16(21)20(4)8-7-19(2)3)14-9-12(17)5-6-15(14)18-11/h5-6,9,18H,7-8,10H2,1-4H3. The maximum absolute atomic E-state index is 12.4. The van der Waals surface area contributed by atoms with E-state index >= 15 is 0 Å². The highest BCUT2D eigenvalue weighted by Gasteiger charge is 2.15. The van der Waals surface area contributed by atoms with Crippen molar-refractivity contribution in [1.29, 1.82) is 0 Å². The number of likely N-dealkylation sites (N-methyl/N-ethyl adjacent to an activating group) is 2. The lowest BCUT2D eigenvalue weighted by molar-refractivity contribution is -0.129. The first kappa shape index (κ1) is 15.9. The molecule has 1 aromatic heterocycles. The van der Waals surface area contributed by atoms with Crippen molar-refractivity contribution in [3.63, 3.8) is 0 Å². The molecular formula is C16H22ClN3O. The van der Waals surface area contributed by atoms with E-state index in [1.54, 1.807) is 4.90 Å². The molecule has 4 nitrogen and oxygen atoms in total. The first-order valence-electron chi connectivity index (χ1n) is 7.04. The highest BCUT2D eigenvalue weighted by Crippen LogP contribution is 2.26. The van der Waals surface area contributed by atoms with Gasteiger partial charge >= 0.3 is 0 Å². The van der Waals surface area contributed by atoms with Crippen LogP contribution in [0.15, 0.2) is 18.2 Å². The smallest absolute Gasteiger partial charge is 0.226 e. The van der Waals surface area contributed by atoms with E-state index in [2.05, 4.69) is 9.88 Å². The molecule has 0 aliphatic rings. The molecule has 1 aromatic carbocycles. The number of hydrogen-bond acceptors (Lipinski definition) is 2. The number of nitrogens with one attached hydrogen (secondary N) is 1. The Morgan fingerprint density at radius 1 is 1.24 bits per heavy atom. The van der Waals surface area contributed by atoms with Crippen molar-refractivity contribution in [3.05, 3.63) is 34.5 Å². The number of hydrogen-bond donors (Lipinski definition) is 1. The molecule has 0 aliphatic carbocycles. The summed E-state index contributed by atoms with van der Waals surface area (Å²) in [5, 5.41) is 1.73. The number of halogens is 1. The molecule has 0 saturated carbocycles. The van der Waals surface area contributed by atoms with E-state index in [9.17, 15) is 4.79 Å². The number of H-pyrrole nitrogens is 1. The fourth-order valence-electron chi connectivity index (χ4n) is 2.34. The second-order valence-electron chi connectivity index (χ2n) is 5.71. The lowest BCUT2D eigenvalue weighted by Crippen LogP contribution is -2.34. The number of rotatable bonds is 5. The van der Waals surface area contributed by atoms with Gasteiger partial charge in [0, 0.05) is 41.8 Å². The van der Waals surface area contributed by atoms with Crippen LogP contribution in [0.3, 0.4) is 0 Å². The number of aromatic amines is 1. The van der Waals surface area contributed by atoms with E-state index in [0.717, 1.165) is 35.2 Å². The van der Waals surface area contributed by atoms with Gasteiger partial charge in [-0.15, -0.1) is 0 Å². The van der Waals surface area contributed by atoms with Crippen LogP contribution in [0, 0.1) is 6.92 Å².